The Hall–Kier alpha value is -1.05. The van der Waals surface area contributed by atoms with Crippen LogP contribution in [0.1, 0.15) is 25.5 Å². The Morgan fingerprint density at radius 3 is 2.88 bits per heavy atom. The predicted octanol–water partition coefficient (Wildman–Crippen LogP) is 1.88. The largest absolute Gasteiger partial charge is 0.295 e. The predicted molar refractivity (Wildman–Crippen MR) is 62.1 cm³/mol. The van der Waals surface area contributed by atoms with Gasteiger partial charge < -0.3 is 0 Å². The van der Waals surface area contributed by atoms with E-state index in [0.29, 0.717) is 17.6 Å². The van der Waals surface area contributed by atoms with Crippen LogP contribution < -0.4 is 5.32 Å². The van der Waals surface area contributed by atoms with Crippen molar-refractivity contribution in [3.8, 4) is 6.07 Å². The average molecular weight is 239 g/mol. The van der Waals surface area contributed by atoms with Crippen molar-refractivity contribution in [3.63, 3.8) is 0 Å². The summed E-state index contributed by atoms with van der Waals surface area (Å²) in [6.45, 7) is 4.34. The Morgan fingerprint density at radius 1 is 1.75 bits per heavy atom. The Labute approximate surface area is 100 Å². The van der Waals surface area contributed by atoms with Crippen molar-refractivity contribution in [2.75, 3.05) is 0 Å². The Kier molecular flexibility index (Phi) is 2.92. The molecule has 0 saturated heterocycles. The number of hydrogen-bond acceptors (Lipinski definition) is 3. The number of nitrogens with zero attached hydrogens (tertiary/aromatic N) is 3. The van der Waals surface area contributed by atoms with Crippen LogP contribution in [0.2, 0.25) is 5.02 Å². The van der Waals surface area contributed by atoms with Crippen LogP contribution in [0, 0.1) is 18.3 Å². The molecule has 1 aliphatic carbocycles. The Bertz CT molecular complexity index is 430. The third kappa shape index (κ3) is 2.37. The summed E-state index contributed by atoms with van der Waals surface area (Å²) >= 11 is 5.93. The van der Waals surface area contributed by atoms with Gasteiger partial charge in [-0.3, -0.25) is 10.00 Å². The van der Waals surface area contributed by atoms with E-state index in [0.717, 1.165) is 18.5 Å². The molecule has 1 fully saturated rings. The molecule has 0 aliphatic heterocycles. The molecule has 1 aromatic rings. The van der Waals surface area contributed by atoms with Crippen LogP contribution in [0.25, 0.3) is 0 Å². The molecule has 1 heterocycles. The molecule has 1 aliphatic rings. The SMILES string of the molecule is Cc1c(Cl)cnn1CC(C)(C#N)NC1CC1. The molecule has 2 rings (SSSR count). The molecule has 5 heteroatoms. The maximum Gasteiger partial charge on any atom is 0.123 e. The second-order valence-electron chi connectivity index (χ2n) is 4.60. The van der Waals surface area contributed by atoms with E-state index in [9.17, 15) is 5.26 Å². The number of aromatic nitrogens is 2. The zero-order chi connectivity index (χ0) is 11.8. The molecule has 1 saturated carbocycles. The highest BCUT2D eigenvalue weighted by atomic mass is 35.5. The summed E-state index contributed by atoms with van der Waals surface area (Å²) in [6.07, 6.45) is 3.94. The van der Waals surface area contributed by atoms with Crippen LogP contribution in [-0.2, 0) is 6.54 Å². The van der Waals surface area contributed by atoms with Crippen LogP contribution in [0.4, 0.5) is 0 Å². The summed E-state index contributed by atoms with van der Waals surface area (Å²) in [5.41, 5.74) is 0.335. The Morgan fingerprint density at radius 2 is 2.44 bits per heavy atom. The van der Waals surface area contributed by atoms with Gasteiger partial charge in [-0.15, -0.1) is 0 Å². The van der Waals surface area contributed by atoms with Crippen LogP contribution in [0.5, 0.6) is 0 Å². The smallest absolute Gasteiger partial charge is 0.123 e. The van der Waals surface area contributed by atoms with Crippen molar-refractivity contribution in [1.82, 2.24) is 15.1 Å². The van der Waals surface area contributed by atoms with Gasteiger partial charge >= 0.3 is 0 Å². The highest BCUT2D eigenvalue weighted by molar-refractivity contribution is 6.31. The van der Waals surface area contributed by atoms with E-state index in [1.807, 2.05) is 13.8 Å². The minimum absolute atomic E-state index is 0.496. The second kappa shape index (κ2) is 4.08. The number of halogens is 1. The number of rotatable bonds is 4. The zero-order valence-electron chi connectivity index (χ0n) is 9.50. The van der Waals surface area contributed by atoms with Crippen molar-refractivity contribution in [3.05, 3.63) is 16.9 Å². The monoisotopic (exact) mass is 238 g/mol. The minimum atomic E-state index is -0.568. The lowest BCUT2D eigenvalue weighted by molar-refractivity contribution is 0.363. The average Bonchev–Trinajstić information content (AvgIpc) is 3.01. The molecule has 1 unspecified atom stereocenters. The third-order valence-electron chi connectivity index (χ3n) is 2.86. The second-order valence-corrected chi connectivity index (χ2v) is 5.01. The van der Waals surface area contributed by atoms with Gasteiger partial charge in [-0.1, -0.05) is 11.6 Å². The molecule has 0 amide bonds. The standard InChI is InChI=1S/C11H15ClN4/c1-8-10(12)5-14-16(8)7-11(2,6-13)15-9-3-4-9/h5,9,15H,3-4,7H2,1-2H3. The highest BCUT2D eigenvalue weighted by Gasteiger charge is 2.33. The van der Waals surface area contributed by atoms with Crippen molar-refractivity contribution < 1.29 is 0 Å². The van der Waals surface area contributed by atoms with Gasteiger partial charge in [0, 0.05) is 6.04 Å². The molecule has 0 bridgehead atoms. The molecule has 1 N–H and O–H groups in total. The number of hydrogen-bond donors (Lipinski definition) is 1. The topological polar surface area (TPSA) is 53.6 Å². The summed E-state index contributed by atoms with van der Waals surface area (Å²) in [7, 11) is 0. The first-order valence-corrected chi connectivity index (χ1v) is 5.79. The van der Waals surface area contributed by atoms with Gasteiger partial charge in [0.25, 0.3) is 0 Å². The normalized spacial score (nSPS) is 19.1. The van der Waals surface area contributed by atoms with Crippen LogP contribution in [-0.4, -0.2) is 21.4 Å². The highest BCUT2D eigenvalue weighted by Crippen LogP contribution is 2.24. The van der Waals surface area contributed by atoms with E-state index in [2.05, 4.69) is 16.5 Å². The summed E-state index contributed by atoms with van der Waals surface area (Å²) in [6, 6.07) is 2.82. The van der Waals surface area contributed by atoms with Crippen LogP contribution >= 0.6 is 11.6 Å². The molecule has 0 aromatic carbocycles. The van der Waals surface area contributed by atoms with Crippen LogP contribution in [0.15, 0.2) is 6.20 Å². The van der Waals surface area contributed by atoms with E-state index in [4.69, 9.17) is 11.6 Å². The summed E-state index contributed by atoms with van der Waals surface area (Å²) in [5.74, 6) is 0. The first-order valence-electron chi connectivity index (χ1n) is 5.41. The quantitative estimate of drug-likeness (QED) is 0.872. The summed E-state index contributed by atoms with van der Waals surface area (Å²) in [4.78, 5) is 0. The van der Waals surface area contributed by atoms with E-state index in [1.54, 1.807) is 10.9 Å². The van der Waals surface area contributed by atoms with E-state index < -0.39 is 5.54 Å². The van der Waals surface area contributed by atoms with E-state index >= 15 is 0 Å². The molecule has 86 valence electrons. The van der Waals surface area contributed by atoms with Gasteiger partial charge in [-0.2, -0.15) is 10.4 Å². The van der Waals surface area contributed by atoms with Gasteiger partial charge in [0.05, 0.1) is 29.5 Å². The molecule has 16 heavy (non-hydrogen) atoms. The van der Waals surface area contributed by atoms with Crippen LogP contribution in [0.3, 0.4) is 0 Å². The minimum Gasteiger partial charge on any atom is -0.295 e. The molecular formula is C11H15ClN4. The summed E-state index contributed by atoms with van der Waals surface area (Å²) < 4.78 is 1.78. The number of nitrogens with one attached hydrogen (secondary N) is 1. The fraction of sp³-hybridized carbons (Fsp3) is 0.636. The van der Waals surface area contributed by atoms with E-state index in [1.165, 1.54) is 0 Å². The summed E-state index contributed by atoms with van der Waals surface area (Å²) in [5, 5.41) is 17.4. The van der Waals surface area contributed by atoms with Gasteiger partial charge in [0.15, 0.2) is 0 Å². The lowest BCUT2D eigenvalue weighted by Crippen LogP contribution is -2.46. The first kappa shape index (κ1) is 11.4. The van der Waals surface area contributed by atoms with Gasteiger partial charge in [-0.05, 0) is 26.7 Å². The maximum absolute atomic E-state index is 9.23. The van der Waals surface area contributed by atoms with Crippen molar-refractivity contribution in [1.29, 1.82) is 5.26 Å². The Balaban J connectivity index is 2.11. The van der Waals surface area contributed by atoms with Crippen molar-refractivity contribution in [2.45, 2.75) is 44.8 Å². The van der Waals surface area contributed by atoms with Gasteiger partial charge in [0.1, 0.15) is 5.54 Å². The maximum atomic E-state index is 9.23. The molecule has 0 spiro atoms. The lowest BCUT2D eigenvalue weighted by Gasteiger charge is -2.23. The molecule has 4 nitrogen and oxygen atoms in total. The van der Waals surface area contributed by atoms with Gasteiger partial charge in [0.2, 0.25) is 0 Å². The van der Waals surface area contributed by atoms with Gasteiger partial charge in [-0.25, -0.2) is 0 Å². The van der Waals surface area contributed by atoms with Crippen molar-refractivity contribution >= 4 is 11.6 Å². The third-order valence-corrected chi connectivity index (χ3v) is 3.23. The zero-order valence-corrected chi connectivity index (χ0v) is 10.3. The molecule has 0 radical (unpaired) electrons. The lowest BCUT2D eigenvalue weighted by atomic mass is 10.0. The van der Waals surface area contributed by atoms with Crippen molar-refractivity contribution in [2.24, 2.45) is 0 Å². The molecular weight excluding hydrogens is 224 g/mol. The molecule has 1 aromatic heterocycles. The fourth-order valence-electron chi connectivity index (χ4n) is 1.67. The first-order chi connectivity index (χ1) is 7.54. The number of nitriles is 1. The fourth-order valence-corrected chi connectivity index (χ4v) is 1.82. The van der Waals surface area contributed by atoms with E-state index in [-0.39, 0.29) is 0 Å². The molecule has 1 atom stereocenters.